The van der Waals surface area contributed by atoms with Crippen LogP contribution >= 0.6 is 0 Å². The second kappa shape index (κ2) is 36.2. The van der Waals surface area contributed by atoms with Gasteiger partial charge in [0.1, 0.15) is 11.1 Å². The second-order valence-electron chi connectivity index (χ2n) is 28.6. The highest BCUT2D eigenvalue weighted by molar-refractivity contribution is 6.24. The normalized spacial score (nSPS) is 19.2. The van der Waals surface area contributed by atoms with Crippen molar-refractivity contribution in [3.05, 3.63) is 149 Å². The van der Waals surface area contributed by atoms with E-state index < -0.39 is 16.6 Å². The number of anilines is 5. The standard InChI is InChI=1S/C28H37N5O3.C26H35N5O2.C24H42N6O/c1-28(33-16-12-30-13-17-33,26(34)22-2-6-24(7-3-22)31-14-10-29-11-15-31)27(35)23-4-8-25(9-5-23)32-18-20-36-21-19-32;1-26(29(2)3,24(32)20-4-8-22(9-5-20)30-16-12-27-13-17-30)25(33)21-6-10-23(11-7-21)31-18-14-28-15-19-31;1-24(2,28(4)18-20-30-15-11-26-12-16-30)23(31)21-5-7-22(8-6-21)27(3)17-19-29-13-9-25-10-14-29/h2-9,29-30H,10-21H2,1H3;4-11,27-28H,12-19H2,1-3H3;5-8,25-26H,9-20H2,1-4H3. The van der Waals surface area contributed by atoms with Crippen LogP contribution < -0.4 is 56.4 Å². The Kier molecular flexibility index (Phi) is 27.4. The first-order valence-electron chi connectivity index (χ1n) is 36.7. The van der Waals surface area contributed by atoms with Gasteiger partial charge in [-0.15, -0.1) is 0 Å². The summed E-state index contributed by atoms with van der Waals surface area (Å²) in [7, 11) is 7.78. The lowest BCUT2D eigenvalue weighted by Crippen LogP contribution is -2.62. The van der Waals surface area contributed by atoms with Crippen molar-refractivity contribution in [3.63, 3.8) is 0 Å². The van der Waals surface area contributed by atoms with Crippen LogP contribution in [0, 0.1) is 0 Å². The molecule has 7 aliphatic heterocycles. The topological polar surface area (TPSA) is 199 Å². The van der Waals surface area contributed by atoms with E-state index in [0.717, 1.165) is 217 Å². The molecule has 1 atom stereocenters. The van der Waals surface area contributed by atoms with E-state index in [1.54, 1.807) is 25.9 Å². The van der Waals surface area contributed by atoms with Crippen LogP contribution in [0.4, 0.5) is 28.4 Å². The minimum atomic E-state index is -1.28. The van der Waals surface area contributed by atoms with Crippen LogP contribution in [-0.2, 0) is 4.74 Å². The van der Waals surface area contributed by atoms with Gasteiger partial charge in [0.15, 0.2) is 28.9 Å². The number of hydrogen-bond acceptors (Lipinski definition) is 22. The van der Waals surface area contributed by atoms with Gasteiger partial charge in [0, 0.05) is 260 Å². The molecule has 0 amide bonds. The van der Waals surface area contributed by atoms with E-state index in [-0.39, 0.29) is 28.9 Å². The lowest BCUT2D eigenvalue weighted by atomic mass is 9.81. The number of nitrogens with one attached hydrogen (secondary N) is 6. The van der Waals surface area contributed by atoms with Crippen LogP contribution in [0.5, 0.6) is 0 Å². The van der Waals surface area contributed by atoms with E-state index in [1.165, 1.54) is 0 Å². The molecule has 0 spiro atoms. The first-order chi connectivity index (χ1) is 48.4. The Labute approximate surface area is 595 Å². The van der Waals surface area contributed by atoms with Gasteiger partial charge in [-0.05, 0) is 170 Å². The third-order valence-electron chi connectivity index (χ3n) is 21.8. The zero-order valence-electron chi connectivity index (χ0n) is 61.1. The third kappa shape index (κ3) is 19.0. The average molecular weight is 1370 g/mol. The van der Waals surface area contributed by atoms with Gasteiger partial charge in [-0.3, -0.25) is 48.5 Å². The Morgan fingerprint density at radius 1 is 0.360 bits per heavy atom. The van der Waals surface area contributed by atoms with Crippen LogP contribution in [0.25, 0.3) is 0 Å². The van der Waals surface area contributed by atoms with Gasteiger partial charge < -0.3 is 61.1 Å². The number of hydrogen-bond donors (Lipinski definition) is 6. The molecule has 542 valence electrons. The van der Waals surface area contributed by atoms with E-state index >= 15 is 0 Å². The number of ether oxygens (including phenoxy) is 1. The average Bonchev–Trinajstić information content (AvgIpc) is 0.773. The van der Waals surface area contributed by atoms with Crippen LogP contribution in [0.1, 0.15) is 79.5 Å². The van der Waals surface area contributed by atoms with Crippen LogP contribution in [0.2, 0.25) is 0 Å². The molecular formula is C78H114N16O6. The number of morpholine rings is 1. The van der Waals surface area contributed by atoms with Crippen LogP contribution in [-0.4, -0.2) is 308 Å². The molecule has 0 bridgehead atoms. The van der Waals surface area contributed by atoms with E-state index in [1.807, 2.05) is 135 Å². The predicted octanol–water partition coefficient (Wildman–Crippen LogP) is 4.38. The van der Waals surface area contributed by atoms with Crippen molar-refractivity contribution in [3.8, 4) is 0 Å². The molecule has 6 N–H and O–H groups in total. The summed E-state index contributed by atoms with van der Waals surface area (Å²) in [5.41, 5.74) is 5.53. The summed E-state index contributed by atoms with van der Waals surface area (Å²) in [4.78, 5) is 91.1. The van der Waals surface area contributed by atoms with Crippen LogP contribution in [0.3, 0.4) is 0 Å². The van der Waals surface area contributed by atoms with Gasteiger partial charge >= 0.3 is 0 Å². The molecule has 22 nitrogen and oxygen atoms in total. The van der Waals surface area contributed by atoms with Gasteiger partial charge in [-0.2, -0.15) is 0 Å². The Hall–Kier alpha value is -7.03. The second-order valence-corrected chi connectivity index (χ2v) is 28.6. The van der Waals surface area contributed by atoms with Crippen molar-refractivity contribution in [1.82, 2.24) is 56.4 Å². The molecule has 5 aromatic rings. The summed E-state index contributed by atoms with van der Waals surface area (Å²) in [6.07, 6.45) is 0. The van der Waals surface area contributed by atoms with Crippen molar-refractivity contribution < 1.29 is 28.7 Å². The maximum absolute atomic E-state index is 14.1. The van der Waals surface area contributed by atoms with Crippen molar-refractivity contribution in [1.29, 1.82) is 0 Å². The molecular weight excluding hydrogens is 1260 g/mol. The summed E-state index contributed by atoms with van der Waals surface area (Å²) in [5.74, 6) is -0.468. The summed E-state index contributed by atoms with van der Waals surface area (Å²) < 4.78 is 5.46. The van der Waals surface area contributed by atoms with Crippen molar-refractivity contribution in [2.75, 3.05) is 262 Å². The van der Waals surface area contributed by atoms with Crippen molar-refractivity contribution >= 4 is 57.4 Å². The number of Topliss-reactive ketones (excluding diaryl/α,β-unsaturated/α-hetero) is 5. The SMILES string of the molecule is CC(C(=O)c1ccc(N2CCNCC2)cc1)(C(=O)c1ccc(N2CCOCC2)cc1)N1CCNCC1.CN(C)C(C)(C(=O)c1ccc(N2CCNCC2)cc1)C(=O)c1ccc(N2CCNCC2)cc1.CN(CCN1CCNCC1)c1ccc(C(=O)C(C)(C)N(C)CCN2CCNCC2)cc1. The summed E-state index contributed by atoms with van der Waals surface area (Å²) in [6.45, 7) is 37.7. The zero-order chi connectivity index (χ0) is 70.7. The number of carbonyl (C=O) groups is 5. The molecule has 7 saturated heterocycles. The molecule has 12 rings (SSSR count). The summed E-state index contributed by atoms with van der Waals surface area (Å²) in [6, 6.07) is 39.0. The van der Waals surface area contributed by atoms with Gasteiger partial charge in [0.2, 0.25) is 0 Å². The highest BCUT2D eigenvalue weighted by Gasteiger charge is 2.48. The fraction of sp³-hybridized carbons (Fsp3) is 0.551. The maximum atomic E-state index is 14.1. The number of ketones is 5. The number of rotatable bonds is 24. The molecule has 22 heteroatoms. The largest absolute Gasteiger partial charge is 0.378 e. The van der Waals surface area contributed by atoms with Crippen molar-refractivity contribution in [2.24, 2.45) is 0 Å². The van der Waals surface area contributed by atoms with Gasteiger partial charge in [-0.1, -0.05) is 0 Å². The molecule has 100 heavy (non-hydrogen) atoms. The third-order valence-corrected chi connectivity index (χ3v) is 21.8. The smallest absolute Gasteiger partial charge is 0.190 e. The van der Waals surface area contributed by atoms with Gasteiger partial charge in [-0.25, -0.2) is 0 Å². The summed E-state index contributed by atoms with van der Waals surface area (Å²) in [5, 5.41) is 20.2. The number of carbonyl (C=O) groups excluding carboxylic acids is 5. The van der Waals surface area contributed by atoms with Crippen LogP contribution in [0.15, 0.2) is 121 Å². The first kappa shape index (κ1) is 75.6. The lowest BCUT2D eigenvalue weighted by molar-refractivity contribution is 0.0463. The van der Waals surface area contributed by atoms with E-state index in [9.17, 15) is 24.0 Å². The molecule has 0 radical (unpaired) electrons. The fourth-order valence-corrected chi connectivity index (χ4v) is 14.3. The Morgan fingerprint density at radius 2 is 0.650 bits per heavy atom. The Balaban J connectivity index is 0.000000163. The Bertz CT molecular complexity index is 3240. The molecule has 5 aromatic carbocycles. The highest BCUT2D eigenvalue weighted by atomic mass is 16.5. The summed E-state index contributed by atoms with van der Waals surface area (Å²) >= 11 is 0. The number of nitrogens with zero attached hydrogens (tertiary/aromatic N) is 10. The van der Waals surface area contributed by atoms with Gasteiger partial charge in [0.05, 0.1) is 18.8 Å². The number of benzene rings is 5. The molecule has 7 fully saturated rings. The molecule has 0 saturated carbocycles. The monoisotopic (exact) mass is 1370 g/mol. The van der Waals surface area contributed by atoms with Crippen molar-refractivity contribution in [2.45, 2.75) is 44.3 Å². The molecule has 1 unspecified atom stereocenters. The van der Waals surface area contributed by atoms with E-state index in [2.05, 4.69) is 97.3 Å². The lowest BCUT2D eigenvalue weighted by Gasteiger charge is -2.41. The number of likely N-dealkylation sites (N-methyl/N-ethyl adjacent to an activating group) is 3. The maximum Gasteiger partial charge on any atom is 0.190 e. The minimum Gasteiger partial charge on any atom is -0.378 e. The fourth-order valence-electron chi connectivity index (χ4n) is 14.3. The van der Waals surface area contributed by atoms with E-state index in [0.29, 0.717) is 48.6 Å². The van der Waals surface area contributed by atoms with E-state index in [4.69, 9.17) is 4.74 Å². The first-order valence-corrected chi connectivity index (χ1v) is 36.7. The molecule has 0 aliphatic carbocycles. The zero-order valence-corrected chi connectivity index (χ0v) is 61.1. The quantitative estimate of drug-likeness (QED) is 0.0376. The highest BCUT2D eigenvalue weighted by Crippen LogP contribution is 2.31. The Morgan fingerprint density at radius 3 is 1.00 bits per heavy atom. The molecule has 7 aliphatic rings. The van der Waals surface area contributed by atoms with Gasteiger partial charge in [0.25, 0.3) is 0 Å². The minimum absolute atomic E-state index is 0.140. The molecule has 7 heterocycles. The molecule has 0 aromatic heterocycles. The predicted molar refractivity (Wildman–Crippen MR) is 406 cm³/mol. The number of piperazine rings is 6.